The summed E-state index contributed by atoms with van der Waals surface area (Å²) in [7, 11) is 3.24. The van der Waals surface area contributed by atoms with Crippen LogP contribution in [0.25, 0.3) is 0 Å². The maximum absolute atomic E-state index is 11.6. The lowest BCUT2D eigenvalue weighted by molar-refractivity contribution is -0.147. The summed E-state index contributed by atoms with van der Waals surface area (Å²) in [6, 6.07) is 0. The van der Waals surface area contributed by atoms with E-state index in [1.165, 1.54) is 13.5 Å². The Morgan fingerprint density at radius 1 is 1.56 bits per heavy atom. The third-order valence-electron chi connectivity index (χ3n) is 3.03. The fourth-order valence-corrected chi connectivity index (χ4v) is 2.59. The third kappa shape index (κ3) is 5.21. The third-order valence-corrected chi connectivity index (χ3v) is 4.33. The van der Waals surface area contributed by atoms with Gasteiger partial charge in [-0.2, -0.15) is 11.8 Å². The fraction of sp³-hybridized carbons (Fsp3) is 0.917. The molecule has 0 aromatic carbocycles. The number of ether oxygens (including phenoxy) is 1. The molecule has 0 radical (unpaired) electrons. The van der Waals surface area contributed by atoms with E-state index in [1.54, 1.807) is 7.05 Å². The zero-order valence-corrected chi connectivity index (χ0v) is 11.9. The molecule has 0 heterocycles. The molecule has 3 nitrogen and oxygen atoms in total. The minimum atomic E-state index is -0.544. The van der Waals surface area contributed by atoms with Gasteiger partial charge in [0.05, 0.1) is 7.11 Å². The summed E-state index contributed by atoms with van der Waals surface area (Å²) >= 11 is 1.91. The molecule has 16 heavy (non-hydrogen) atoms. The Morgan fingerprint density at radius 2 is 2.19 bits per heavy atom. The molecule has 0 aliphatic carbocycles. The first-order chi connectivity index (χ1) is 7.50. The molecule has 0 bridgehead atoms. The zero-order chi connectivity index (χ0) is 12.6. The van der Waals surface area contributed by atoms with Gasteiger partial charge in [-0.1, -0.05) is 20.3 Å². The largest absolute Gasteiger partial charge is 0.468 e. The first-order valence-corrected chi connectivity index (χ1v) is 7.00. The van der Waals surface area contributed by atoms with Gasteiger partial charge >= 0.3 is 5.97 Å². The lowest BCUT2D eigenvalue weighted by atomic mass is 10.00. The van der Waals surface area contributed by atoms with Crippen molar-refractivity contribution < 1.29 is 9.53 Å². The predicted molar refractivity (Wildman–Crippen MR) is 70.9 cm³/mol. The number of methoxy groups -OCH3 is 1. The maximum Gasteiger partial charge on any atom is 0.325 e. The van der Waals surface area contributed by atoms with Gasteiger partial charge < -0.3 is 10.1 Å². The topological polar surface area (TPSA) is 38.3 Å². The van der Waals surface area contributed by atoms with Gasteiger partial charge in [0.15, 0.2) is 0 Å². The van der Waals surface area contributed by atoms with Gasteiger partial charge in [0.25, 0.3) is 0 Å². The van der Waals surface area contributed by atoms with Crippen LogP contribution in [-0.4, -0.2) is 37.2 Å². The summed E-state index contributed by atoms with van der Waals surface area (Å²) in [5.41, 5.74) is -0.544. The number of carbonyl (C=O) groups excluding carboxylic acids is 1. The van der Waals surface area contributed by atoms with Gasteiger partial charge in [-0.25, -0.2) is 0 Å². The second kappa shape index (κ2) is 7.96. The van der Waals surface area contributed by atoms with Crippen LogP contribution in [0.5, 0.6) is 0 Å². The van der Waals surface area contributed by atoms with Crippen LogP contribution in [0.15, 0.2) is 0 Å². The van der Waals surface area contributed by atoms with Crippen molar-refractivity contribution in [2.24, 2.45) is 5.92 Å². The molecule has 96 valence electrons. The Kier molecular flexibility index (Phi) is 7.85. The van der Waals surface area contributed by atoms with Crippen LogP contribution in [0.1, 0.15) is 33.6 Å². The van der Waals surface area contributed by atoms with E-state index in [9.17, 15) is 4.79 Å². The Labute approximate surface area is 104 Å². The Hall–Kier alpha value is -0.220. The molecule has 0 aliphatic rings. The SMILES string of the molecule is CCC(C)CSCCC(C)(NC)C(=O)OC. The summed E-state index contributed by atoms with van der Waals surface area (Å²) in [6.07, 6.45) is 2.02. The summed E-state index contributed by atoms with van der Waals surface area (Å²) in [4.78, 5) is 11.6. The number of hydrogen-bond acceptors (Lipinski definition) is 4. The van der Waals surface area contributed by atoms with Gasteiger partial charge in [-0.3, -0.25) is 4.79 Å². The molecule has 1 N–H and O–H groups in total. The van der Waals surface area contributed by atoms with Crippen LogP contribution < -0.4 is 5.32 Å². The Bertz CT molecular complexity index is 211. The Morgan fingerprint density at radius 3 is 2.62 bits per heavy atom. The van der Waals surface area contributed by atoms with Crippen LogP contribution in [-0.2, 0) is 9.53 Å². The molecule has 4 heteroatoms. The predicted octanol–water partition coefficient (Wildman–Crippen LogP) is 2.31. The monoisotopic (exact) mass is 247 g/mol. The minimum absolute atomic E-state index is 0.181. The summed E-state index contributed by atoms with van der Waals surface area (Å²) in [6.45, 7) is 6.35. The average molecular weight is 247 g/mol. The van der Waals surface area contributed by atoms with E-state index in [0.717, 1.165) is 23.8 Å². The summed E-state index contributed by atoms with van der Waals surface area (Å²) < 4.78 is 4.79. The van der Waals surface area contributed by atoms with Crippen molar-refractivity contribution >= 4 is 17.7 Å². The van der Waals surface area contributed by atoms with E-state index in [0.29, 0.717) is 0 Å². The smallest absolute Gasteiger partial charge is 0.325 e. The molecule has 0 fully saturated rings. The van der Waals surface area contributed by atoms with Crippen molar-refractivity contribution in [2.45, 2.75) is 39.2 Å². The van der Waals surface area contributed by atoms with Crippen LogP contribution in [0, 0.1) is 5.92 Å². The minimum Gasteiger partial charge on any atom is -0.468 e. The van der Waals surface area contributed by atoms with E-state index in [2.05, 4.69) is 19.2 Å². The number of rotatable bonds is 8. The number of thioether (sulfide) groups is 1. The normalized spacial score (nSPS) is 16.6. The van der Waals surface area contributed by atoms with Crippen LogP contribution in [0.2, 0.25) is 0 Å². The average Bonchev–Trinajstić information content (AvgIpc) is 2.32. The van der Waals surface area contributed by atoms with E-state index < -0.39 is 5.54 Å². The maximum atomic E-state index is 11.6. The molecule has 0 rings (SSSR count). The number of carbonyl (C=O) groups is 1. The second-order valence-electron chi connectivity index (χ2n) is 4.41. The molecule has 0 spiro atoms. The van der Waals surface area contributed by atoms with Gasteiger partial charge in [0, 0.05) is 0 Å². The van der Waals surface area contributed by atoms with Crippen molar-refractivity contribution in [3.05, 3.63) is 0 Å². The lowest BCUT2D eigenvalue weighted by Gasteiger charge is -2.25. The first kappa shape index (κ1) is 15.8. The van der Waals surface area contributed by atoms with Crippen LogP contribution in [0.3, 0.4) is 0 Å². The molecule has 0 saturated heterocycles. The standard InChI is InChI=1S/C12H25NO2S/c1-6-10(2)9-16-8-7-12(3,13-4)11(14)15-5/h10,13H,6-9H2,1-5H3. The molecule has 0 aromatic rings. The highest BCUT2D eigenvalue weighted by molar-refractivity contribution is 7.99. The number of likely N-dealkylation sites (N-methyl/N-ethyl adjacent to an activating group) is 1. The molecule has 2 unspecified atom stereocenters. The molecular formula is C12H25NO2S. The second-order valence-corrected chi connectivity index (χ2v) is 5.56. The summed E-state index contributed by atoms with van der Waals surface area (Å²) in [5.74, 6) is 2.72. The van der Waals surface area contributed by atoms with Crippen molar-refractivity contribution in [1.29, 1.82) is 0 Å². The number of hydrogen-bond donors (Lipinski definition) is 1. The fourth-order valence-electron chi connectivity index (χ4n) is 1.23. The van der Waals surface area contributed by atoms with Gasteiger partial charge in [0.2, 0.25) is 0 Å². The quantitative estimate of drug-likeness (QED) is 0.528. The van der Waals surface area contributed by atoms with Gasteiger partial charge in [-0.15, -0.1) is 0 Å². The van der Waals surface area contributed by atoms with E-state index in [1.807, 2.05) is 18.7 Å². The van der Waals surface area contributed by atoms with Crippen molar-refractivity contribution in [1.82, 2.24) is 5.32 Å². The van der Waals surface area contributed by atoms with Crippen LogP contribution >= 0.6 is 11.8 Å². The van der Waals surface area contributed by atoms with Crippen molar-refractivity contribution in [3.63, 3.8) is 0 Å². The number of nitrogens with one attached hydrogen (secondary N) is 1. The Balaban J connectivity index is 3.92. The molecule has 0 saturated carbocycles. The van der Waals surface area contributed by atoms with Crippen LogP contribution in [0.4, 0.5) is 0 Å². The first-order valence-electron chi connectivity index (χ1n) is 5.85. The van der Waals surface area contributed by atoms with Crippen molar-refractivity contribution in [2.75, 3.05) is 25.7 Å². The lowest BCUT2D eigenvalue weighted by Crippen LogP contribution is -2.48. The molecule has 0 aromatic heterocycles. The van der Waals surface area contributed by atoms with Crippen molar-refractivity contribution in [3.8, 4) is 0 Å². The highest BCUT2D eigenvalue weighted by atomic mass is 32.2. The molecule has 0 amide bonds. The van der Waals surface area contributed by atoms with E-state index in [-0.39, 0.29) is 5.97 Å². The molecular weight excluding hydrogens is 222 g/mol. The zero-order valence-electron chi connectivity index (χ0n) is 11.1. The van der Waals surface area contributed by atoms with Gasteiger partial charge in [-0.05, 0) is 37.8 Å². The van der Waals surface area contributed by atoms with E-state index in [4.69, 9.17) is 4.74 Å². The molecule has 0 aliphatic heterocycles. The van der Waals surface area contributed by atoms with Gasteiger partial charge in [0.1, 0.15) is 5.54 Å². The molecule has 2 atom stereocenters. The number of esters is 1. The highest BCUT2D eigenvalue weighted by Gasteiger charge is 2.31. The van der Waals surface area contributed by atoms with E-state index >= 15 is 0 Å². The summed E-state index contributed by atoms with van der Waals surface area (Å²) in [5, 5.41) is 3.04. The highest BCUT2D eigenvalue weighted by Crippen LogP contribution is 2.18.